The van der Waals surface area contributed by atoms with Crippen LogP contribution in [0.4, 0.5) is 0 Å². The van der Waals surface area contributed by atoms with Crippen molar-refractivity contribution in [2.75, 3.05) is 6.54 Å². The second-order valence-electron chi connectivity index (χ2n) is 4.25. The Morgan fingerprint density at radius 2 is 2.18 bits per heavy atom. The minimum Gasteiger partial charge on any atom is -0.352 e. The maximum absolute atomic E-state index is 11.5. The molecule has 1 saturated carbocycles. The van der Waals surface area contributed by atoms with Crippen LogP contribution in [-0.2, 0) is 16.0 Å². The summed E-state index contributed by atoms with van der Waals surface area (Å²) in [7, 11) is 0. The zero-order valence-corrected chi connectivity index (χ0v) is 10.4. The van der Waals surface area contributed by atoms with Gasteiger partial charge in [0.2, 0.25) is 11.8 Å². The molecule has 1 aromatic heterocycles. The minimum absolute atomic E-state index is 0.0675. The fourth-order valence-electron chi connectivity index (χ4n) is 1.47. The molecule has 4 nitrogen and oxygen atoms in total. The second kappa shape index (κ2) is 5.82. The Labute approximate surface area is 104 Å². The topological polar surface area (TPSA) is 58.2 Å². The van der Waals surface area contributed by atoms with Crippen LogP contribution < -0.4 is 10.6 Å². The number of carbonyl (C=O) groups is 2. The van der Waals surface area contributed by atoms with Crippen molar-refractivity contribution < 1.29 is 9.59 Å². The number of hydrogen-bond acceptors (Lipinski definition) is 3. The fraction of sp³-hybridized carbons (Fsp3) is 0.500. The third-order valence-electron chi connectivity index (χ3n) is 2.61. The molecule has 0 aromatic carbocycles. The van der Waals surface area contributed by atoms with Gasteiger partial charge in [0.1, 0.15) is 0 Å². The van der Waals surface area contributed by atoms with Gasteiger partial charge in [0.15, 0.2) is 0 Å². The van der Waals surface area contributed by atoms with Gasteiger partial charge in [-0.2, -0.15) is 11.3 Å². The summed E-state index contributed by atoms with van der Waals surface area (Å²) in [6, 6.07) is 2.36. The lowest BCUT2D eigenvalue weighted by Crippen LogP contribution is -2.37. The third-order valence-corrected chi connectivity index (χ3v) is 3.34. The molecule has 0 saturated heterocycles. The molecule has 1 fully saturated rings. The van der Waals surface area contributed by atoms with Crippen LogP contribution in [0.15, 0.2) is 16.8 Å². The van der Waals surface area contributed by atoms with E-state index in [1.807, 2.05) is 16.8 Å². The minimum atomic E-state index is -0.0867. The van der Waals surface area contributed by atoms with Crippen LogP contribution in [0.5, 0.6) is 0 Å². The van der Waals surface area contributed by atoms with E-state index in [-0.39, 0.29) is 18.4 Å². The van der Waals surface area contributed by atoms with Gasteiger partial charge in [0, 0.05) is 12.5 Å². The molecule has 0 atom stereocenters. The second-order valence-corrected chi connectivity index (χ2v) is 5.03. The molecular weight excluding hydrogens is 236 g/mol. The van der Waals surface area contributed by atoms with E-state index in [0.29, 0.717) is 12.5 Å². The van der Waals surface area contributed by atoms with E-state index in [1.165, 1.54) is 5.56 Å². The predicted molar refractivity (Wildman–Crippen MR) is 66.8 cm³/mol. The van der Waals surface area contributed by atoms with Crippen molar-refractivity contribution in [2.24, 2.45) is 0 Å². The molecular formula is C12H16N2O2S. The predicted octanol–water partition coefficient (Wildman–Crippen LogP) is 1.08. The molecule has 2 amide bonds. The van der Waals surface area contributed by atoms with Crippen LogP contribution in [-0.4, -0.2) is 24.4 Å². The number of rotatable bonds is 6. The summed E-state index contributed by atoms with van der Waals surface area (Å²) in [4.78, 5) is 22.8. The van der Waals surface area contributed by atoms with Crippen LogP contribution in [0, 0.1) is 0 Å². The molecule has 1 heterocycles. The molecule has 92 valence electrons. The van der Waals surface area contributed by atoms with E-state index in [0.717, 1.165) is 19.3 Å². The zero-order chi connectivity index (χ0) is 12.1. The molecule has 0 aliphatic heterocycles. The third kappa shape index (κ3) is 4.56. The molecule has 2 rings (SSSR count). The highest BCUT2D eigenvalue weighted by atomic mass is 32.1. The standard InChI is InChI=1S/C12H16N2O2S/c15-11(4-1-9-5-6-17-8-9)13-7-12(16)14-10-2-3-10/h5-6,8,10H,1-4,7H2,(H,13,15)(H,14,16). The van der Waals surface area contributed by atoms with Crippen molar-refractivity contribution >= 4 is 23.2 Å². The Morgan fingerprint density at radius 3 is 2.82 bits per heavy atom. The lowest BCUT2D eigenvalue weighted by molar-refractivity contribution is -0.126. The summed E-state index contributed by atoms with van der Waals surface area (Å²) in [5, 5.41) is 9.49. The Kier molecular flexibility index (Phi) is 4.14. The molecule has 0 radical (unpaired) electrons. The van der Waals surface area contributed by atoms with E-state index in [4.69, 9.17) is 0 Å². The van der Waals surface area contributed by atoms with E-state index in [2.05, 4.69) is 10.6 Å². The summed E-state index contributed by atoms with van der Waals surface area (Å²) in [6.45, 7) is 0.0962. The molecule has 0 bridgehead atoms. The molecule has 1 aliphatic rings. The van der Waals surface area contributed by atoms with Crippen molar-refractivity contribution in [2.45, 2.75) is 31.7 Å². The Bertz CT molecular complexity index is 385. The quantitative estimate of drug-likeness (QED) is 0.796. The van der Waals surface area contributed by atoms with Crippen LogP contribution in [0.3, 0.4) is 0 Å². The van der Waals surface area contributed by atoms with Gasteiger partial charge >= 0.3 is 0 Å². The normalized spacial score (nSPS) is 14.4. The van der Waals surface area contributed by atoms with Gasteiger partial charge in [0.25, 0.3) is 0 Å². The van der Waals surface area contributed by atoms with Gasteiger partial charge in [-0.25, -0.2) is 0 Å². The maximum Gasteiger partial charge on any atom is 0.239 e. The van der Waals surface area contributed by atoms with Gasteiger partial charge in [-0.3, -0.25) is 9.59 Å². The Morgan fingerprint density at radius 1 is 1.35 bits per heavy atom. The lowest BCUT2D eigenvalue weighted by atomic mass is 10.2. The molecule has 5 heteroatoms. The van der Waals surface area contributed by atoms with Crippen molar-refractivity contribution in [1.29, 1.82) is 0 Å². The number of thiophene rings is 1. The van der Waals surface area contributed by atoms with Gasteiger partial charge in [-0.1, -0.05) is 0 Å². The van der Waals surface area contributed by atoms with Gasteiger partial charge < -0.3 is 10.6 Å². The first-order valence-electron chi connectivity index (χ1n) is 5.81. The Balaban J connectivity index is 1.58. The van der Waals surface area contributed by atoms with E-state index < -0.39 is 0 Å². The molecule has 1 aromatic rings. The van der Waals surface area contributed by atoms with Crippen LogP contribution >= 0.6 is 11.3 Å². The number of amides is 2. The zero-order valence-electron chi connectivity index (χ0n) is 9.57. The van der Waals surface area contributed by atoms with Crippen LogP contribution in [0.25, 0.3) is 0 Å². The number of carbonyl (C=O) groups excluding carboxylic acids is 2. The van der Waals surface area contributed by atoms with Crippen molar-refractivity contribution in [3.05, 3.63) is 22.4 Å². The smallest absolute Gasteiger partial charge is 0.239 e. The van der Waals surface area contributed by atoms with E-state index in [1.54, 1.807) is 11.3 Å². The average Bonchev–Trinajstić information content (AvgIpc) is 2.96. The van der Waals surface area contributed by atoms with Crippen molar-refractivity contribution in [3.8, 4) is 0 Å². The largest absolute Gasteiger partial charge is 0.352 e. The number of aryl methyl sites for hydroxylation is 1. The van der Waals surface area contributed by atoms with Gasteiger partial charge in [-0.15, -0.1) is 0 Å². The summed E-state index contributed by atoms with van der Waals surface area (Å²) in [5.74, 6) is -0.154. The monoisotopic (exact) mass is 252 g/mol. The first-order chi connectivity index (χ1) is 8.24. The first-order valence-corrected chi connectivity index (χ1v) is 6.75. The first kappa shape index (κ1) is 12.1. The molecule has 0 unspecified atom stereocenters. The summed E-state index contributed by atoms with van der Waals surface area (Å²) in [5.41, 5.74) is 1.17. The van der Waals surface area contributed by atoms with Crippen molar-refractivity contribution in [3.63, 3.8) is 0 Å². The Hall–Kier alpha value is -1.36. The number of nitrogens with one attached hydrogen (secondary N) is 2. The number of hydrogen-bond donors (Lipinski definition) is 2. The van der Waals surface area contributed by atoms with Crippen molar-refractivity contribution in [1.82, 2.24) is 10.6 Å². The van der Waals surface area contributed by atoms with Gasteiger partial charge in [-0.05, 0) is 41.7 Å². The van der Waals surface area contributed by atoms with Gasteiger partial charge in [0.05, 0.1) is 6.54 Å². The summed E-state index contributed by atoms with van der Waals surface area (Å²) >= 11 is 1.63. The molecule has 2 N–H and O–H groups in total. The SMILES string of the molecule is O=C(CCc1ccsc1)NCC(=O)NC1CC1. The fourth-order valence-corrected chi connectivity index (χ4v) is 2.17. The molecule has 0 spiro atoms. The lowest BCUT2D eigenvalue weighted by Gasteiger charge is -2.05. The van der Waals surface area contributed by atoms with E-state index in [9.17, 15) is 9.59 Å². The summed E-state index contributed by atoms with van der Waals surface area (Å²) in [6.07, 6.45) is 3.31. The van der Waals surface area contributed by atoms with Crippen LogP contribution in [0.2, 0.25) is 0 Å². The molecule has 1 aliphatic carbocycles. The highest BCUT2D eigenvalue weighted by Crippen LogP contribution is 2.18. The highest BCUT2D eigenvalue weighted by Gasteiger charge is 2.23. The molecule has 17 heavy (non-hydrogen) atoms. The highest BCUT2D eigenvalue weighted by molar-refractivity contribution is 7.07. The van der Waals surface area contributed by atoms with E-state index >= 15 is 0 Å². The maximum atomic E-state index is 11.5. The average molecular weight is 252 g/mol. The van der Waals surface area contributed by atoms with Crippen LogP contribution in [0.1, 0.15) is 24.8 Å². The summed E-state index contributed by atoms with van der Waals surface area (Å²) < 4.78 is 0.